The zero-order valence-electron chi connectivity index (χ0n) is 17.3. The molecule has 2 N–H and O–H groups in total. The number of aromatic nitrogens is 6. The number of hydrogen-bond acceptors (Lipinski definition) is 6. The number of para-hydroxylation sites is 1. The van der Waals surface area contributed by atoms with E-state index in [9.17, 15) is 9.18 Å². The summed E-state index contributed by atoms with van der Waals surface area (Å²) in [5.41, 5.74) is 1.83. The van der Waals surface area contributed by atoms with Gasteiger partial charge in [-0.05, 0) is 30.7 Å². The SMILES string of the molecule is CC[C@H](CNc1ncnc2nc[nH]c12)c1nc2cccc(F)c2c(=O)n1-c1ccccc1. The Morgan fingerprint density at radius 3 is 2.75 bits per heavy atom. The van der Waals surface area contributed by atoms with Gasteiger partial charge in [0.05, 0.1) is 17.5 Å². The van der Waals surface area contributed by atoms with E-state index in [1.165, 1.54) is 17.0 Å². The van der Waals surface area contributed by atoms with Gasteiger partial charge in [-0.15, -0.1) is 0 Å². The Morgan fingerprint density at radius 2 is 1.94 bits per heavy atom. The normalized spacial score (nSPS) is 12.3. The third-order valence-corrected chi connectivity index (χ3v) is 5.48. The van der Waals surface area contributed by atoms with Crippen molar-refractivity contribution in [1.29, 1.82) is 0 Å². The first kappa shape index (κ1) is 19.8. The van der Waals surface area contributed by atoms with Crippen molar-refractivity contribution < 1.29 is 4.39 Å². The molecule has 0 amide bonds. The Kier molecular flexibility index (Phi) is 5.06. The summed E-state index contributed by atoms with van der Waals surface area (Å²) >= 11 is 0. The van der Waals surface area contributed by atoms with Crippen LogP contribution in [0.4, 0.5) is 10.2 Å². The molecule has 5 rings (SSSR count). The Balaban J connectivity index is 1.62. The molecular weight excluding hydrogens is 409 g/mol. The van der Waals surface area contributed by atoms with E-state index >= 15 is 0 Å². The van der Waals surface area contributed by atoms with Crippen molar-refractivity contribution in [3.05, 3.63) is 83.2 Å². The van der Waals surface area contributed by atoms with E-state index in [1.54, 1.807) is 18.5 Å². The molecule has 2 aromatic carbocycles. The van der Waals surface area contributed by atoms with Crippen molar-refractivity contribution in [3.8, 4) is 5.69 Å². The van der Waals surface area contributed by atoms with Crippen molar-refractivity contribution >= 4 is 27.9 Å². The molecule has 0 bridgehead atoms. The first-order chi connectivity index (χ1) is 15.7. The second kappa shape index (κ2) is 8.18. The van der Waals surface area contributed by atoms with Gasteiger partial charge in [0, 0.05) is 12.5 Å². The highest BCUT2D eigenvalue weighted by atomic mass is 19.1. The largest absolute Gasteiger partial charge is 0.367 e. The van der Waals surface area contributed by atoms with Crippen LogP contribution < -0.4 is 10.9 Å². The van der Waals surface area contributed by atoms with Crippen molar-refractivity contribution in [2.24, 2.45) is 0 Å². The lowest BCUT2D eigenvalue weighted by molar-refractivity contribution is 0.614. The molecular formula is C23H20FN7O. The van der Waals surface area contributed by atoms with E-state index < -0.39 is 11.4 Å². The maximum atomic E-state index is 14.6. The lowest BCUT2D eigenvalue weighted by atomic mass is 10.0. The number of fused-ring (bicyclic) bond motifs is 2. The molecule has 0 aliphatic carbocycles. The maximum absolute atomic E-state index is 14.6. The number of hydrogen-bond donors (Lipinski definition) is 2. The summed E-state index contributed by atoms with van der Waals surface area (Å²) in [7, 11) is 0. The van der Waals surface area contributed by atoms with E-state index in [0.29, 0.717) is 47.0 Å². The van der Waals surface area contributed by atoms with Gasteiger partial charge in [-0.2, -0.15) is 0 Å². The van der Waals surface area contributed by atoms with Crippen molar-refractivity contribution in [1.82, 2.24) is 29.5 Å². The predicted octanol–water partition coefficient (Wildman–Crippen LogP) is 3.80. The fraction of sp³-hybridized carbons (Fsp3) is 0.174. The monoisotopic (exact) mass is 429 g/mol. The molecule has 0 unspecified atom stereocenters. The van der Waals surface area contributed by atoms with Gasteiger partial charge in [0.1, 0.15) is 28.9 Å². The minimum absolute atomic E-state index is 0.0158. The molecule has 0 aliphatic rings. The summed E-state index contributed by atoms with van der Waals surface area (Å²) < 4.78 is 16.1. The Bertz CT molecular complexity index is 1460. The minimum atomic E-state index is -0.579. The third kappa shape index (κ3) is 3.37. The van der Waals surface area contributed by atoms with Crippen LogP contribution in [0.3, 0.4) is 0 Å². The molecule has 0 saturated carbocycles. The molecule has 0 aliphatic heterocycles. The summed E-state index contributed by atoms with van der Waals surface area (Å²) in [5.74, 6) is 0.448. The quantitative estimate of drug-likeness (QED) is 0.426. The second-order valence-corrected chi connectivity index (χ2v) is 7.39. The molecule has 0 saturated heterocycles. The van der Waals surface area contributed by atoms with Crippen LogP contribution in [0.25, 0.3) is 27.8 Å². The predicted molar refractivity (Wildman–Crippen MR) is 121 cm³/mol. The van der Waals surface area contributed by atoms with Gasteiger partial charge in [-0.1, -0.05) is 31.2 Å². The highest BCUT2D eigenvalue weighted by molar-refractivity contribution is 5.82. The molecule has 1 atom stereocenters. The van der Waals surface area contributed by atoms with Gasteiger partial charge in [0.2, 0.25) is 0 Å². The smallest absolute Gasteiger partial charge is 0.268 e. The first-order valence-electron chi connectivity index (χ1n) is 10.3. The fourth-order valence-corrected chi connectivity index (χ4v) is 3.84. The van der Waals surface area contributed by atoms with Gasteiger partial charge in [0.25, 0.3) is 5.56 Å². The molecule has 0 fully saturated rings. The van der Waals surface area contributed by atoms with Crippen molar-refractivity contribution in [2.45, 2.75) is 19.3 Å². The topological polar surface area (TPSA) is 101 Å². The molecule has 8 nitrogen and oxygen atoms in total. The van der Waals surface area contributed by atoms with Crippen LogP contribution in [0, 0.1) is 5.82 Å². The number of imidazole rings is 1. The van der Waals surface area contributed by atoms with E-state index in [1.807, 2.05) is 37.3 Å². The molecule has 9 heteroatoms. The average molecular weight is 429 g/mol. The van der Waals surface area contributed by atoms with Gasteiger partial charge in [-0.3, -0.25) is 9.36 Å². The highest BCUT2D eigenvalue weighted by Gasteiger charge is 2.22. The van der Waals surface area contributed by atoms with E-state index in [4.69, 9.17) is 4.98 Å². The van der Waals surface area contributed by atoms with E-state index in [2.05, 4.69) is 25.3 Å². The number of aromatic amines is 1. The third-order valence-electron chi connectivity index (χ3n) is 5.48. The maximum Gasteiger partial charge on any atom is 0.268 e. The van der Waals surface area contributed by atoms with Crippen LogP contribution in [0.15, 0.2) is 66.0 Å². The molecule has 0 radical (unpaired) electrons. The van der Waals surface area contributed by atoms with Crippen LogP contribution in [0.5, 0.6) is 0 Å². The lowest BCUT2D eigenvalue weighted by Gasteiger charge is -2.21. The van der Waals surface area contributed by atoms with Gasteiger partial charge >= 0.3 is 0 Å². The standard InChI is InChI=1S/C23H20FN7O/c1-2-14(11-25-20-19-21(27-12-26-19)29-13-28-20)22-30-17-10-6-9-16(24)18(17)23(32)31(22)15-7-4-3-5-8-15/h3-10,12-14H,2,11H2,1H3,(H2,25,26,27,28,29)/t14-/m1/s1. The van der Waals surface area contributed by atoms with E-state index in [0.717, 1.165) is 0 Å². The zero-order chi connectivity index (χ0) is 22.1. The minimum Gasteiger partial charge on any atom is -0.367 e. The molecule has 0 spiro atoms. The highest BCUT2D eigenvalue weighted by Crippen LogP contribution is 2.24. The molecule has 160 valence electrons. The summed E-state index contributed by atoms with van der Waals surface area (Å²) in [6, 6.07) is 13.7. The Labute approximate surface area is 182 Å². The molecule has 32 heavy (non-hydrogen) atoms. The van der Waals surface area contributed by atoms with Crippen LogP contribution in [0.2, 0.25) is 0 Å². The first-order valence-corrected chi connectivity index (χ1v) is 10.3. The number of halogens is 1. The summed E-state index contributed by atoms with van der Waals surface area (Å²) in [6.07, 6.45) is 3.71. The second-order valence-electron chi connectivity index (χ2n) is 7.39. The number of anilines is 1. The van der Waals surface area contributed by atoms with Crippen LogP contribution in [-0.2, 0) is 0 Å². The lowest BCUT2D eigenvalue weighted by Crippen LogP contribution is -2.28. The van der Waals surface area contributed by atoms with Crippen molar-refractivity contribution in [3.63, 3.8) is 0 Å². The number of rotatable bonds is 6. The average Bonchev–Trinajstić information content (AvgIpc) is 3.30. The van der Waals surface area contributed by atoms with Crippen LogP contribution in [0.1, 0.15) is 25.1 Å². The fourth-order valence-electron chi connectivity index (χ4n) is 3.84. The molecule has 5 aromatic rings. The summed E-state index contributed by atoms with van der Waals surface area (Å²) in [4.78, 5) is 33.8. The zero-order valence-corrected chi connectivity index (χ0v) is 17.3. The summed E-state index contributed by atoms with van der Waals surface area (Å²) in [6.45, 7) is 2.48. The van der Waals surface area contributed by atoms with Gasteiger partial charge < -0.3 is 10.3 Å². The van der Waals surface area contributed by atoms with Gasteiger partial charge in [-0.25, -0.2) is 24.3 Å². The van der Waals surface area contributed by atoms with Gasteiger partial charge in [0.15, 0.2) is 11.5 Å². The summed E-state index contributed by atoms with van der Waals surface area (Å²) in [5, 5.41) is 3.31. The van der Waals surface area contributed by atoms with Crippen molar-refractivity contribution in [2.75, 3.05) is 11.9 Å². The number of benzene rings is 2. The molecule has 3 aromatic heterocycles. The Hall–Kier alpha value is -4.14. The van der Waals surface area contributed by atoms with Crippen LogP contribution in [-0.4, -0.2) is 36.0 Å². The molecule has 3 heterocycles. The number of nitrogens with one attached hydrogen (secondary N) is 2. The number of H-pyrrole nitrogens is 1. The van der Waals surface area contributed by atoms with Crippen LogP contribution >= 0.6 is 0 Å². The number of nitrogens with zero attached hydrogens (tertiary/aromatic N) is 5. The van der Waals surface area contributed by atoms with E-state index in [-0.39, 0.29) is 11.3 Å². The Morgan fingerprint density at radius 1 is 1.09 bits per heavy atom.